The van der Waals surface area contributed by atoms with Crippen LogP contribution in [0, 0.1) is 0 Å². The van der Waals surface area contributed by atoms with E-state index in [9.17, 15) is 4.79 Å². The minimum absolute atomic E-state index is 0.405. The molecule has 0 fully saturated rings. The summed E-state index contributed by atoms with van der Waals surface area (Å²) in [5, 5.41) is 10.8. The standard InChI is InChI=1S/C14H15N3O4/c1-19-11-5-4-9(14(18)21-3)8-10(11)15-12-6-7-13(20-2)17-16-12/h4-8H,1-3H3,(H,15,16). The summed E-state index contributed by atoms with van der Waals surface area (Å²) < 4.78 is 14.9. The lowest BCUT2D eigenvalue weighted by Crippen LogP contribution is -2.04. The average Bonchev–Trinajstić information content (AvgIpc) is 2.54. The van der Waals surface area contributed by atoms with Crippen molar-refractivity contribution >= 4 is 17.5 Å². The van der Waals surface area contributed by atoms with Gasteiger partial charge < -0.3 is 19.5 Å². The third-order valence-electron chi connectivity index (χ3n) is 2.73. The van der Waals surface area contributed by atoms with Crippen LogP contribution >= 0.6 is 0 Å². The summed E-state index contributed by atoms with van der Waals surface area (Å²) in [7, 11) is 4.38. The van der Waals surface area contributed by atoms with Crippen LogP contribution in [0.4, 0.5) is 11.5 Å². The number of nitrogens with zero attached hydrogens (tertiary/aromatic N) is 2. The van der Waals surface area contributed by atoms with Crippen molar-refractivity contribution in [3.05, 3.63) is 35.9 Å². The number of esters is 1. The molecule has 2 rings (SSSR count). The van der Waals surface area contributed by atoms with Crippen molar-refractivity contribution in [3.8, 4) is 11.6 Å². The van der Waals surface area contributed by atoms with Crippen LogP contribution in [-0.2, 0) is 4.74 Å². The molecule has 0 bridgehead atoms. The van der Waals surface area contributed by atoms with E-state index in [0.717, 1.165) is 0 Å². The van der Waals surface area contributed by atoms with E-state index in [0.29, 0.717) is 28.7 Å². The third-order valence-corrected chi connectivity index (χ3v) is 2.73. The van der Waals surface area contributed by atoms with Gasteiger partial charge in [0, 0.05) is 6.07 Å². The fourth-order valence-corrected chi connectivity index (χ4v) is 1.68. The Morgan fingerprint density at radius 3 is 2.43 bits per heavy atom. The van der Waals surface area contributed by atoms with Crippen LogP contribution in [-0.4, -0.2) is 37.5 Å². The molecule has 0 saturated heterocycles. The summed E-state index contributed by atoms with van der Waals surface area (Å²) in [4.78, 5) is 11.6. The molecule has 2 aromatic rings. The molecule has 1 heterocycles. The molecule has 1 N–H and O–H groups in total. The fraction of sp³-hybridized carbons (Fsp3) is 0.214. The quantitative estimate of drug-likeness (QED) is 0.843. The summed E-state index contributed by atoms with van der Waals surface area (Å²) in [5.41, 5.74) is 0.988. The second kappa shape index (κ2) is 6.56. The fourth-order valence-electron chi connectivity index (χ4n) is 1.68. The molecule has 7 heteroatoms. The molecule has 0 aliphatic carbocycles. The van der Waals surface area contributed by atoms with Gasteiger partial charge in [0.15, 0.2) is 5.82 Å². The van der Waals surface area contributed by atoms with Crippen LogP contribution in [0.25, 0.3) is 0 Å². The number of ether oxygens (including phenoxy) is 3. The van der Waals surface area contributed by atoms with Gasteiger partial charge in [-0.2, -0.15) is 0 Å². The summed E-state index contributed by atoms with van der Waals surface area (Å²) >= 11 is 0. The Balaban J connectivity index is 2.29. The van der Waals surface area contributed by atoms with Crippen LogP contribution in [0.5, 0.6) is 11.6 Å². The Morgan fingerprint density at radius 2 is 1.86 bits per heavy atom. The predicted octanol–water partition coefficient (Wildman–Crippen LogP) is 2.02. The number of aromatic nitrogens is 2. The van der Waals surface area contributed by atoms with Gasteiger partial charge in [-0.3, -0.25) is 0 Å². The zero-order chi connectivity index (χ0) is 15.2. The van der Waals surface area contributed by atoms with Gasteiger partial charge >= 0.3 is 5.97 Å². The Hall–Kier alpha value is -2.83. The molecule has 0 unspecified atom stereocenters. The zero-order valence-electron chi connectivity index (χ0n) is 11.9. The van der Waals surface area contributed by atoms with Crippen molar-refractivity contribution in [1.29, 1.82) is 0 Å². The highest BCUT2D eigenvalue weighted by Gasteiger charge is 2.11. The van der Waals surface area contributed by atoms with Crippen LogP contribution < -0.4 is 14.8 Å². The van der Waals surface area contributed by atoms with Gasteiger partial charge in [0.05, 0.1) is 32.6 Å². The van der Waals surface area contributed by atoms with E-state index < -0.39 is 5.97 Å². The Labute approximate surface area is 121 Å². The highest BCUT2D eigenvalue weighted by atomic mass is 16.5. The largest absolute Gasteiger partial charge is 0.495 e. The first kappa shape index (κ1) is 14.6. The van der Waals surface area contributed by atoms with E-state index in [1.807, 2.05) is 0 Å². The van der Waals surface area contributed by atoms with E-state index in [-0.39, 0.29) is 0 Å². The average molecular weight is 289 g/mol. The lowest BCUT2D eigenvalue weighted by Gasteiger charge is -2.11. The van der Waals surface area contributed by atoms with Crippen LogP contribution in [0.3, 0.4) is 0 Å². The van der Waals surface area contributed by atoms with Crippen molar-refractivity contribution < 1.29 is 19.0 Å². The Bertz CT molecular complexity index is 629. The van der Waals surface area contributed by atoms with Gasteiger partial charge in [-0.05, 0) is 24.3 Å². The first-order chi connectivity index (χ1) is 10.2. The summed E-state index contributed by atoms with van der Waals surface area (Å²) in [6, 6.07) is 8.29. The van der Waals surface area contributed by atoms with E-state index in [1.165, 1.54) is 21.3 Å². The lowest BCUT2D eigenvalue weighted by atomic mass is 10.2. The van der Waals surface area contributed by atoms with E-state index >= 15 is 0 Å². The topological polar surface area (TPSA) is 82.6 Å². The number of methoxy groups -OCH3 is 3. The van der Waals surface area contributed by atoms with Gasteiger partial charge in [0.1, 0.15) is 5.75 Å². The van der Waals surface area contributed by atoms with Crippen molar-refractivity contribution in [1.82, 2.24) is 10.2 Å². The first-order valence-electron chi connectivity index (χ1n) is 6.09. The van der Waals surface area contributed by atoms with E-state index in [2.05, 4.69) is 15.5 Å². The molecular formula is C14H15N3O4. The second-order valence-corrected chi connectivity index (χ2v) is 3.99. The zero-order valence-corrected chi connectivity index (χ0v) is 11.9. The normalized spacial score (nSPS) is 9.86. The summed E-state index contributed by atoms with van der Waals surface area (Å²) in [6.45, 7) is 0. The smallest absolute Gasteiger partial charge is 0.337 e. The van der Waals surface area contributed by atoms with Crippen LogP contribution in [0.2, 0.25) is 0 Å². The summed E-state index contributed by atoms with van der Waals surface area (Å²) in [5.74, 6) is 1.05. The molecule has 0 radical (unpaired) electrons. The maximum atomic E-state index is 11.6. The molecule has 0 spiro atoms. The lowest BCUT2D eigenvalue weighted by molar-refractivity contribution is 0.0601. The van der Waals surface area contributed by atoms with Gasteiger partial charge in [0.2, 0.25) is 5.88 Å². The number of carbonyl (C=O) groups excluding carboxylic acids is 1. The Morgan fingerprint density at radius 1 is 1.05 bits per heavy atom. The SMILES string of the molecule is COC(=O)c1ccc(OC)c(Nc2ccc(OC)nn2)c1. The maximum absolute atomic E-state index is 11.6. The van der Waals surface area contributed by atoms with E-state index in [1.54, 1.807) is 30.3 Å². The van der Waals surface area contributed by atoms with Gasteiger partial charge in [-0.15, -0.1) is 10.2 Å². The monoisotopic (exact) mass is 289 g/mol. The van der Waals surface area contributed by atoms with Crippen molar-refractivity contribution in [3.63, 3.8) is 0 Å². The van der Waals surface area contributed by atoms with Crippen molar-refractivity contribution in [2.75, 3.05) is 26.6 Å². The molecule has 0 saturated carbocycles. The molecule has 0 aliphatic heterocycles. The molecule has 1 aromatic carbocycles. The number of carbonyl (C=O) groups is 1. The van der Waals surface area contributed by atoms with Gasteiger partial charge in [0.25, 0.3) is 0 Å². The molecule has 0 aliphatic rings. The molecule has 110 valence electrons. The minimum Gasteiger partial charge on any atom is -0.495 e. The van der Waals surface area contributed by atoms with E-state index in [4.69, 9.17) is 14.2 Å². The highest BCUT2D eigenvalue weighted by molar-refractivity contribution is 5.91. The van der Waals surface area contributed by atoms with Crippen molar-refractivity contribution in [2.24, 2.45) is 0 Å². The molecule has 0 atom stereocenters. The number of rotatable bonds is 5. The first-order valence-corrected chi connectivity index (χ1v) is 6.09. The molecule has 21 heavy (non-hydrogen) atoms. The molecular weight excluding hydrogens is 274 g/mol. The number of nitrogens with one attached hydrogen (secondary N) is 1. The molecule has 1 aromatic heterocycles. The summed E-state index contributed by atoms with van der Waals surface area (Å²) in [6.07, 6.45) is 0. The number of hydrogen-bond donors (Lipinski definition) is 1. The van der Waals surface area contributed by atoms with Crippen molar-refractivity contribution in [2.45, 2.75) is 0 Å². The second-order valence-electron chi connectivity index (χ2n) is 3.99. The van der Waals surface area contributed by atoms with Gasteiger partial charge in [-0.25, -0.2) is 4.79 Å². The van der Waals surface area contributed by atoms with Crippen LogP contribution in [0.15, 0.2) is 30.3 Å². The third kappa shape index (κ3) is 3.38. The molecule has 7 nitrogen and oxygen atoms in total. The number of benzene rings is 1. The number of hydrogen-bond acceptors (Lipinski definition) is 7. The van der Waals surface area contributed by atoms with Gasteiger partial charge in [-0.1, -0.05) is 0 Å². The highest BCUT2D eigenvalue weighted by Crippen LogP contribution is 2.28. The Kier molecular flexibility index (Phi) is 4.55. The number of anilines is 2. The molecule has 0 amide bonds. The predicted molar refractivity (Wildman–Crippen MR) is 76.2 cm³/mol. The minimum atomic E-state index is -0.429. The van der Waals surface area contributed by atoms with Crippen LogP contribution in [0.1, 0.15) is 10.4 Å². The maximum Gasteiger partial charge on any atom is 0.337 e.